The van der Waals surface area contributed by atoms with E-state index in [1.165, 1.54) is 16.2 Å². The number of carboxylic acids is 1. The summed E-state index contributed by atoms with van der Waals surface area (Å²) in [5, 5.41) is 10.0. The van der Waals surface area contributed by atoms with E-state index >= 15 is 0 Å². The van der Waals surface area contributed by atoms with Gasteiger partial charge >= 0.3 is 12.1 Å². The number of anilines is 1. The molecular weight excluding hydrogens is 516 g/mol. The smallest absolute Gasteiger partial charge is 0.410 e. The Kier molecular flexibility index (Phi) is 7.95. The highest BCUT2D eigenvalue weighted by molar-refractivity contribution is 7.91. The second-order valence-corrected chi connectivity index (χ2v) is 15.1. The lowest BCUT2D eigenvalue weighted by molar-refractivity contribution is -0.124. The molecule has 1 aromatic heterocycles. The molecule has 11 heteroatoms. The summed E-state index contributed by atoms with van der Waals surface area (Å²) in [4.78, 5) is 43.3. The van der Waals surface area contributed by atoms with Gasteiger partial charge in [0.05, 0.1) is 23.2 Å². The first kappa shape index (κ1) is 27.9. The van der Waals surface area contributed by atoms with Gasteiger partial charge in [-0.15, -0.1) is 11.3 Å². The van der Waals surface area contributed by atoms with Crippen LogP contribution in [0.15, 0.2) is 6.07 Å². The van der Waals surface area contributed by atoms with E-state index in [4.69, 9.17) is 4.74 Å². The largest absolute Gasteiger partial charge is 0.477 e. The van der Waals surface area contributed by atoms with Crippen molar-refractivity contribution in [2.45, 2.75) is 83.8 Å². The third kappa shape index (κ3) is 6.30. The number of carbonyl (C=O) groups excluding carboxylic acids is 2. The van der Waals surface area contributed by atoms with Gasteiger partial charge in [-0.1, -0.05) is 27.7 Å². The van der Waals surface area contributed by atoms with Gasteiger partial charge in [0.15, 0.2) is 9.84 Å². The van der Waals surface area contributed by atoms with Crippen LogP contribution in [0.4, 0.5) is 10.5 Å². The number of ether oxygens (including phenoxy) is 1. The number of amides is 2. The molecule has 2 amide bonds. The SMILES string of the molecule is CC1CCC(C(=O)N(c2cc(C(C)(C)C)sc2C(=O)O)[C@H]2CCN(C(=O)OC3CCS(=O)(=O)C3)C2)CC1. The average Bonchev–Trinajstić information content (AvgIpc) is 3.53. The normalized spacial score (nSPS) is 27.7. The molecule has 9 nitrogen and oxygen atoms in total. The number of hydrogen-bond acceptors (Lipinski definition) is 7. The van der Waals surface area contributed by atoms with Crippen molar-refractivity contribution < 1.29 is 32.6 Å². The van der Waals surface area contributed by atoms with Crippen LogP contribution in [-0.2, 0) is 24.8 Å². The maximum absolute atomic E-state index is 14.0. The zero-order valence-corrected chi connectivity index (χ0v) is 23.7. The van der Waals surface area contributed by atoms with Gasteiger partial charge in [-0.25, -0.2) is 18.0 Å². The van der Waals surface area contributed by atoms with E-state index in [0.717, 1.165) is 30.6 Å². The Morgan fingerprint density at radius 2 is 1.78 bits per heavy atom. The van der Waals surface area contributed by atoms with Crippen molar-refractivity contribution in [3.63, 3.8) is 0 Å². The minimum Gasteiger partial charge on any atom is -0.477 e. The zero-order chi connectivity index (χ0) is 27.1. The first-order chi connectivity index (χ1) is 17.2. The van der Waals surface area contributed by atoms with Gasteiger partial charge in [-0.2, -0.15) is 0 Å². The van der Waals surface area contributed by atoms with Crippen molar-refractivity contribution in [1.82, 2.24) is 4.90 Å². The predicted molar refractivity (Wildman–Crippen MR) is 142 cm³/mol. The van der Waals surface area contributed by atoms with Crippen LogP contribution < -0.4 is 4.90 Å². The Bertz CT molecular complexity index is 1150. The van der Waals surface area contributed by atoms with Crippen LogP contribution in [0.3, 0.4) is 0 Å². The third-order valence-electron chi connectivity index (χ3n) is 7.75. The zero-order valence-electron chi connectivity index (χ0n) is 22.1. The molecule has 3 aliphatic rings. The molecule has 0 bridgehead atoms. The van der Waals surface area contributed by atoms with Gasteiger partial charge in [-0.3, -0.25) is 4.79 Å². The number of sulfone groups is 1. The first-order valence-corrected chi connectivity index (χ1v) is 15.8. The maximum atomic E-state index is 14.0. The summed E-state index contributed by atoms with van der Waals surface area (Å²) >= 11 is 1.20. The van der Waals surface area contributed by atoms with Crippen LogP contribution in [-0.4, -0.2) is 73.1 Å². The van der Waals surface area contributed by atoms with Crippen LogP contribution in [0.25, 0.3) is 0 Å². The van der Waals surface area contributed by atoms with Gasteiger partial charge in [0.2, 0.25) is 5.91 Å². The lowest BCUT2D eigenvalue weighted by Gasteiger charge is -2.34. The van der Waals surface area contributed by atoms with Gasteiger partial charge < -0.3 is 19.6 Å². The van der Waals surface area contributed by atoms with Gasteiger partial charge in [0.25, 0.3) is 0 Å². The topological polar surface area (TPSA) is 121 Å². The van der Waals surface area contributed by atoms with E-state index < -0.39 is 28.0 Å². The molecule has 1 N–H and O–H groups in total. The number of thiophene rings is 1. The minimum atomic E-state index is -3.18. The second-order valence-electron chi connectivity index (χ2n) is 11.8. The third-order valence-corrected chi connectivity index (χ3v) is 11.0. The van der Waals surface area contributed by atoms with Crippen molar-refractivity contribution in [1.29, 1.82) is 0 Å². The van der Waals surface area contributed by atoms with E-state index in [9.17, 15) is 27.9 Å². The van der Waals surface area contributed by atoms with E-state index in [0.29, 0.717) is 31.0 Å². The number of carboxylic acid groups (broad SMARTS) is 1. The predicted octanol–water partition coefficient (Wildman–Crippen LogP) is 4.30. The monoisotopic (exact) mass is 554 g/mol. The van der Waals surface area contributed by atoms with Crippen molar-refractivity contribution in [2.24, 2.45) is 11.8 Å². The van der Waals surface area contributed by atoms with Crippen molar-refractivity contribution in [3.8, 4) is 0 Å². The van der Waals surface area contributed by atoms with Gasteiger partial charge in [-0.05, 0) is 55.9 Å². The molecule has 1 aromatic rings. The molecule has 0 radical (unpaired) electrons. The Balaban J connectivity index is 1.60. The molecule has 2 saturated heterocycles. The lowest BCUT2D eigenvalue weighted by atomic mass is 9.82. The van der Waals surface area contributed by atoms with Crippen molar-refractivity contribution in [3.05, 3.63) is 15.8 Å². The molecule has 1 aliphatic carbocycles. The molecule has 3 fully saturated rings. The average molecular weight is 555 g/mol. The van der Waals surface area contributed by atoms with E-state index in [1.54, 1.807) is 4.90 Å². The van der Waals surface area contributed by atoms with Crippen LogP contribution in [0.5, 0.6) is 0 Å². The summed E-state index contributed by atoms with van der Waals surface area (Å²) in [5.74, 6) is -0.899. The number of aromatic carboxylic acids is 1. The summed E-state index contributed by atoms with van der Waals surface area (Å²) in [6.45, 7) is 8.80. The van der Waals surface area contributed by atoms with Gasteiger partial charge in [0.1, 0.15) is 11.0 Å². The fourth-order valence-electron chi connectivity index (χ4n) is 5.47. The van der Waals surface area contributed by atoms with E-state index in [-0.39, 0.29) is 46.2 Å². The number of hydrogen-bond donors (Lipinski definition) is 1. The van der Waals surface area contributed by atoms with Crippen LogP contribution in [0.2, 0.25) is 0 Å². The highest BCUT2D eigenvalue weighted by Gasteiger charge is 2.41. The van der Waals surface area contributed by atoms with Crippen LogP contribution >= 0.6 is 11.3 Å². The van der Waals surface area contributed by atoms with E-state index in [1.807, 2.05) is 26.8 Å². The Labute approximate surface area is 223 Å². The lowest BCUT2D eigenvalue weighted by Crippen LogP contribution is -2.47. The summed E-state index contributed by atoms with van der Waals surface area (Å²) < 4.78 is 29.0. The fourth-order valence-corrected chi connectivity index (χ4v) is 8.11. The highest BCUT2D eigenvalue weighted by Crippen LogP contribution is 2.41. The summed E-state index contributed by atoms with van der Waals surface area (Å²) in [7, 11) is -3.18. The number of carbonyl (C=O) groups is 3. The fraction of sp³-hybridized carbons (Fsp3) is 0.731. The molecule has 4 rings (SSSR count). The molecular formula is C26H38N2O7S2. The summed E-state index contributed by atoms with van der Waals surface area (Å²) in [6, 6.07) is 1.45. The first-order valence-electron chi connectivity index (χ1n) is 13.1. The van der Waals surface area contributed by atoms with E-state index in [2.05, 4.69) is 6.92 Å². The second kappa shape index (κ2) is 10.6. The molecule has 1 unspecified atom stereocenters. The minimum absolute atomic E-state index is 0.0160. The highest BCUT2D eigenvalue weighted by atomic mass is 32.2. The Morgan fingerprint density at radius 3 is 2.35 bits per heavy atom. The number of likely N-dealkylation sites (tertiary alicyclic amines) is 1. The molecule has 206 valence electrons. The molecule has 2 atom stereocenters. The number of nitrogens with zero attached hydrogens (tertiary/aromatic N) is 2. The number of rotatable bonds is 5. The summed E-state index contributed by atoms with van der Waals surface area (Å²) in [6.07, 6.45) is 3.01. The summed E-state index contributed by atoms with van der Waals surface area (Å²) in [5.41, 5.74) is 0.128. The molecule has 1 saturated carbocycles. The van der Waals surface area contributed by atoms with Gasteiger partial charge in [0, 0.05) is 23.9 Å². The molecule has 0 aromatic carbocycles. The van der Waals surface area contributed by atoms with Crippen LogP contribution in [0.1, 0.15) is 80.8 Å². The molecule has 37 heavy (non-hydrogen) atoms. The van der Waals surface area contributed by atoms with Crippen LogP contribution in [0, 0.1) is 11.8 Å². The molecule has 0 spiro atoms. The Hall–Kier alpha value is -2.14. The van der Waals surface area contributed by atoms with Crippen molar-refractivity contribution >= 4 is 44.8 Å². The standard InChI is InChI=1S/C26H38N2O7S2/c1-16-5-7-17(8-6-16)23(29)28(20-13-21(26(2,3)4)36-22(20)24(30)31)18-9-11-27(14-18)25(32)35-19-10-12-37(33,34)15-19/h13,16-19H,5-12,14-15H2,1-4H3,(H,30,31)/t16?,17?,18-,19?/m0/s1. The molecule has 2 aliphatic heterocycles. The maximum Gasteiger partial charge on any atom is 0.410 e. The molecule has 3 heterocycles. The van der Waals surface area contributed by atoms with Crippen molar-refractivity contribution in [2.75, 3.05) is 29.5 Å². The Morgan fingerprint density at radius 1 is 1.11 bits per heavy atom. The quantitative estimate of drug-likeness (QED) is 0.576.